The van der Waals surface area contributed by atoms with Crippen molar-refractivity contribution >= 4 is 5.57 Å². The zero-order chi connectivity index (χ0) is 13.6. The monoisotopic (exact) mass is 256 g/mol. The lowest BCUT2D eigenvalue weighted by Crippen LogP contribution is -2.45. The van der Waals surface area contributed by atoms with Gasteiger partial charge >= 0.3 is 0 Å². The molecule has 0 N–H and O–H groups in total. The Bertz CT molecular complexity index is 627. The van der Waals surface area contributed by atoms with Crippen molar-refractivity contribution in [1.82, 2.24) is 4.58 Å². The van der Waals surface area contributed by atoms with E-state index >= 15 is 0 Å². The molecular formula is C18H26N+. The van der Waals surface area contributed by atoms with Gasteiger partial charge in [0.1, 0.15) is 13.1 Å². The van der Waals surface area contributed by atoms with E-state index in [2.05, 4.69) is 38.3 Å². The van der Waals surface area contributed by atoms with Gasteiger partial charge in [-0.05, 0) is 49.5 Å². The Hall–Kier alpha value is -1.11. The van der Waals surface area contributed by atoms with E-state index in [4.69, 9.17) is 0 Å². The fraction of sp³-hybridized carbons (Fsp3) is 0.611. The highest BCUT2D eigenvalue weighted by Crippen LogP contribution is 2.19. The number of benzene rings is 1. The van der Waals surface area contributed by atoms with Gasteiger partial charge in [-0.15, -0.1) is 0 Å². The first kappa shape index (κ1) is 12.9. The van der Waals surface area contributed by atoms with E-state index in [1.54, 1.807) is 22.0 Å². The molecule has 0 aliphatic carbocycles. The topological polar surface area (TPSA) is 3.01 Å². The standard InChI is InChI=1S/C18H26N/c1-12(2)16-11-14-7-5-9-19-10-6-8-15(18(14)19)17(16)13(3)4/h11,13H,5-10H2,1-4H3/q+1. The van der Waals surface area contributed by atoms with Crippen LogP contribution in [-0.4, -0.2) is 13.1 Å². The van der Waals surface area contributed by atoms with Crippen LogP contribution in [-0.2, 0) is 12.8 Å². The molecule has 3 rings (SSSR count). The van der Waals surface area contributed by atoms with Crippen LogP contribution in [0, 0.1) is 0 Å². The molecule has 0 amide bonds. The van der Waals surface area contributed by atoms with E-state index < -0.39 is 0 Å². The Balaban J connectivity index is 2.48. The second kappa shape index (κ2) is 4.77. The van der Waals surface area contributed by atoms with Crippen LogP contribution in [0.1, 0.15) is 63.1 Å². The van der Waals surface area contributed by atoms with Gasteiger partial charge in [0, 0.05) is 24.0 Å². The molecule has 0 saturated carbocycles. The van der Waals surface area contributed by atoms with Gasteiger partial charge in [0.15, 0.2) is 0 Å². The maximum Gasteiger partial charge on any atom is 0.206 e. The van der Waals surface area contributed by atoms with Crippen LogP contribution in [0.3, 0.4) is 0 Å². The summed E-state index contributed by atoms with van der Waals surface area (Å²) in [6.07, 6.45) is 5.22. The van der Waals surface area contributed by atoms with Crippen LogP contribution in [0.4, 0.5) is 0 Å². The fourth-order valence-electron chi connectivity index (χ4n) is 3.96. The first-order valence-electron chi connectivity index (χ1n) is 7.83. The summed E-state index contributed by atoms with van der Waals surface area (Å²) in [5.74, 6) is 0.632. The first-order valence-corrected chi connectivity index (χ1v) is 7.83. The lowest BCUT2D eigenvalue weighted by Gasteiger charge is -2.23. The summed E-state index contributed by atoms with van der Waals surface area (Å²) in [4.78, 5) is 0. The van der Waals surface area contributed by atoms with Crippen LogP contribution in [0.15, 0.2) is 6.07 Å². The van der Waals surface area contributed by atoms with Gasteiger partial charge in [0.05, 0.1) is 0 Å². The van der Waals surface area contributed by atoms with Crippen molar-refractivity contribution < 1.29 is 0 Å². The largest absolute Gasteiger partial charge is 0.229 e. The third kappa shape index (κ3) is 2.04. The molecule has 0 radical (unpaired) electrons. The van der Waals surface area contributed by atoms with Crippen LogP contribution in [0.2, 0.25) is 0 Å². The molecular weight excluding hydrogens is 230 g/mol. The second-order valence-electron chi connectivity index (χ2n) is 6.67. The summed E-state index contributed by atoms with van der Waals surface area (Å²) >= 11 is 0. The van der Waals surface area contributed by atoms with E-state index in [1.165, 1.54) is 49.6 Å². The Morgan fingerprint density at radius 1 is 1.11 bits per heavy atom. The number of nitrogens with zero attached hydrogens (tertiary/aromatic N) is 1. The predicted molar refractivity (Wildman–Crippen MR) is 82.2 cm³/mol. The van der Waals surface area contributed by atoms with Crippen LogP contribution in [0.5, 0.6) is 0 Å². The molecule has 0 saturated heterocycles. The number of rotatable bonds is 1. The highest BCUT2D eigenvalue weighted by atomic mass is 15.0. The summed E-state index contributed by atoms with van der Waals surface area (Å²) in [5.41, 5.74) is 6.40. The van der Waals surface area contributed by atoms with Crippen molar-refractivity contribution in [3.63, 3.8) is 0 Å². The minimum Gasteiger partial charge on any atom is -0.229 e. The van der Waals surface area contributed by atoms with Gasteiger partial charge in [-0.25, -0.2) is 4.58 Å². The van der Waals surface area contributed by atoms with Gasteiger partial charge in [-0.3, -0.25) is 0 Å². The summed E-state index contributed by atoms with van der Waals surface area (Å²) in [6, 6.07) is 2.50. The predicted octanol–water partition coefficient (Wildman–Crippen LogP) is 2.38. The average Bonchev–Trinajstić information content (AvgIpc) is 2.38. The van der Waals surface area contributed by atoms with E-state index in [0.717, 1.165) is 0 Å². The van der Waals surface area contributed by atoms with Crippen LogP contribution >= 0.6 is 0 Å². The molecule has 1 aromatic rings. The summed E-state index contributed by atoms with van der Waals surface area (Å²) in [6.45, 7) is 11.8. The number of aryl methyl sites for hydroxylation is 1. The molecule has 2 aliphatic rings. The lowest BCUT2D eigenvalue weighted by molar-refractivity contribution is 0.477. The van der Waals surface area contributed by atoms with Crippen LogP contribution < -0.4 is 15.2 Å². The summed E-state index contributed by atoms with van der Waals surface area (Å²) < 4.78 is 2.65. The zero-order valence-corrected chi connectivity index (χ0v) is 12.8. The highest BCUT2D eigenvalue weighted by Gasteiger charge is 2.26. The smallest absolute Gasteiger partial charge is 0.206 e. The van der Waals surface area contributed by atoms with Gasteiger partial charge in [-0.1, -0.05) is 19.4 Å². The van der Waals surface area contributed by atoms with Crippen molar-refractivity contribution in [1.29, 1.82) is 0 Å². The van der Waals surface area contributed by atoms with Gasteiger partial charge < -0.3 is 0 Å². The fourth-order valence-corrected chi connectivity index (χ4v) is 3.96. The maximum absolute atomic E-state index is 2.65. The van der Waals surface area contributed by atoms with Crippen molar-refractivity contribution in [3.05, 3.63) is 33.3 Å². The molecule has 1 heteroatoms. The SMILES string of the molecule is CC(C)=c1cc2c3c(c1C(C)C)CCC[N+]=3CCC2. The maximum atomic E-state index is 2.65. The van der Waals surface area contributed by atoms with Gasteiger partial charge in [-0.2, -0.15) is 0 Å². The van der Waals surface area contributed by atoms with Gasteiger partial charge in [0.2, 0.25) is 5.36 Å². The molecule has 2 aliphatic heterocycles. The third-order valence-corrected chi connectivity index (χ3v) is 4.69. The van der Waals surface area contributed by atoms with Crippen molar-refractivity contribution in [2.24, 2.45) is 0 Å². The molecule has 2 heterocycles. The van der Waals surface area contributed by atoms with E-state index in [-0.39, 0.29) is 0 Å². The van der Waals surface area contributed by atoms with E-state index in [1.807, 2.05) is 0 Å². The molecule has 19 heavy (non-hydrogen) atoms. The number of hydrogen-bond donors (Lipinski definition) is 0. The Kier molecular flexibility index (Phi) is 3.24. The molecule has 0 bridgehead atoms. The molecule has 0 aromatic heterocycles. The normalized spacial score (nSPS) is 17.6. The summed E-state index contributed by atoms with van der Waals surface area (Å²) in [5, 5.41) is 3.15. The Morgan fingerprint density at radius 3 is 2.42 bits per heavy atom. The Morgan fingerprint density at radius 2 is 1.79 bits per heavy atom. The Labute approximate surface area is 116 Å². The third-order valence-electron chi connectivity index (χ3n) is 4.69. The molecule has 1 nitrogen and oxygen atoms in total. The minimum absolute atomic E-state index is 0.632. The lowest BCUT2D eigenvalue weighted by atomic mass is 9.85. The van der Waals surface area contributed by atoms with Crippen molar-refractivity contribution in [3.8, 4) is 0 Å². The summed E-state index contributed by atoms with van der Waals surface area (Å²) in [7, 11) is 0. The minimum atomic E-state index is 0.632. The van der Waals surface area contributed by atoms with Gasteiger partial charge in [0.25, 0.3) is 0 Å². The molecule has 0 fully saturated rings. The van der Waals surface area contributed by atoms with Crippen molar-refractivity contribution in [2.45, 2.75) is 59.3 Å². The first-order chi connectivity index (χ1) is 9.09. The quantitative estimate of drug-likeness (QED) is 0.679. The van der Waals surface area contributed by atoms with E-state index in [0.29, 0.717) is 5.92 Å². The molecule has 0 atom stereocenters. The van der Waals surface area contributed by atoms with E-state index in [9.17, 15) is 0 Å². The second-order valence-corrected chi connectivity index (χ2v) is 6.67. The average molecular weight is 256 g/mol. The molecule has 102 valence electrons. The van der Waals surface area contributed by atoms with Crippen molar-refractivity contribution in [2.75, 3.05) is 13.1 Å². The number of hydrogen-bond acceptors (Lipinski definition) is 0. The van der Waals surface area contributed by atoms with Crippen LogP contribution in [0.25, 0.3) is 5.57 Å². The molecule has 0 unspecified atom stereocenters. The highest BCUT2D eigenvalue weighted by molar-refractivity contribution is 5.48. The zero-order valence-electron chi connectivity index (χ0n) is 12.8. The molecule has 1 aromatic carbocycles. The molecule has 0 spiro atoms.